The van der Waals surface area contributed by atoms with E-state index < -0.39 is 0 Å². The van der Waals surface area contributed by atoms with Crippen LogP contribution in [0.3, 0.4) is 0 Å². The van der Waals surface area contributed by atoms with Crippen molar-refractivity contribution in [3.63, 3.8) is 0 Å². The molecule has 0 unspecified atom stereocenters. The van der Waals surface area contributed by atoms with Crippen LogP contribution in [-0.2, 0) is 0 Å². The zero-order valence-electron chi connectivity index (χ0n) is 20.1. The number of piperidine rings is 1. The third kappa shape index (κ3) is 6.83. The smallest absolute Gasteiger partial charge is 0.256 e. The number of anilines is 1. The molecule has 8 heteroatoms. The third-order valence-electron chi connectivity index (χ3n) is 5.95. The Bertz CT molecular complexity index is 1270. The van der Waals surface area contributed by atoms with Crippen molar-refractivity contribution in [2.45, 2.75) is 32.8 Å². The lowest BCUT2D eigenvalue weighted by Gasteiger charge is -2.29. The van der Waals surface area contributed by atoms with Gasteiger partial charge in [0.1, 0.15) is 17.7 Å². The lowest BCUT2D eigenvalue weighted by atomic mass is 10.1. The Labute approximate surface area is 224 Å². The number of halogens is 1. The summed E-state index contributed by atoms with van der Waals surface area (Å²) in [7, 11) is 2.13. The first-order valence-corrected chi connectivity index (χ1v) is 13.4. The van der Waals surface area contributed by atoms with E-state index in [2.05, 4.69) is 57.5 Å². The van der Waals surface area contributed by atoms with Crippen molar-refractivity contribution in [1.82, 2.24) is 9.88 Å². The molecule has 0 bridgehead atoms. The summed E-state index contributed by atoms with van der Waals surface area (Å²) in [6.45, 7) is 6.24. The van der Waals surface area contributed by atoms with Crippen LogP contribution in [0.5, 0.6) is 5.75 Å². The fourth-order valence-electron chi connectivity index (χ4n) is 4.09. The number of ether oxygens (including phenoxy) is 1. The number of aromatic nitrogens is 1. The molecule has 2 heterocycles. The molecule has 0 spiro atoms. The van der Waals surface area contributed by atoms with Crippen molar-refractivity contribution >= 4 is 67.6 Å². The van der Waals surface area contributed by atoms with Crippen molar-refractivity contribution in [2.24, 2.45) is 3.21 Å². The summed E-state index contributed by atoms with van der Waals surface area (Å²) in [5.41, 5.74) is 4.71. The second-order valence-electron chi connectivity index (χ2n) is 8.88. The normalized spacial score (nSPS) is 14.9. The van der Waals surface area contributed by atoms with Crippen LogP contribution in [0.1, 0.15) is 42.6 Å². The number of carbonyl (C=O) groups excluding carboxylic acids is 1. The number of fused-ring (bicyclic) bond motifs is 1. The van der Waals surface area contributed by atoms with Crippen molar-refractivity contribution < 1.29 is 9.53 Å². The van der Waals surface area contributed by atoms with E-state index in [1.165, 1.54) is 5.57 Å². The fourth-order valence-corrected chi connectivity index (χ4v) is 5.08. The molecule has 182 valence electrons. The Kier molecular flexibility index (Phi) is 8.80. The number of benzene rings is 2. The SMILES string of the molecule is CC(C)=C(SC=NI)c1ccc2cnc(NC(=O)c3cccc(OC4CCN(C)CC4)c3)cc2c1. The summed E-state index contributed by atoms with van der Waals surface area (Å²) in [5, 5.41) is 4.97. The predicted molar refractivity (Wildman–Crippen MR) is 156 cm³/mol. The summed E-state index contributed by atoms with van der Waals surface area (Å²) in [5.74, 6) is 1.03. The summed E-state index contributed by atoms with van der Waals surface area (Å²) >= 11 is 3.58. The molecule has 1 fully saturated rings. The first-order chi connectivity index (χ1) is 16.9. The van der Waals surface area contributed by atoms with E-state index in [0.29, 0.717) is 11.4 Å². The molecule has 4 rings (SSSR count). The van der Waals surface area contributed by atoms with E-state index in [1.54, 1.807) is 30.1 Å². The number of rotatable bonds is 7. The van der Waals surface area contributed by atoms with Crippen molar-refractivity contribution in [1.29, 1.82) is 0 Å². The van der Waals surface area contributed by atoms with Gasteiger partial charge in [-0.05, 0) is 75.0 Å². The van der Waals surface area contributed by atoms with Gasteiger partial charge in [0.15, 0.2) is 0 Å². The second-order valence-corrected chi connectivity index (χ2v) is 10.3. The summed E-state index contributed by atoms with van der Waals surface area (Å²) in [6.07, 6.45) is 3.96. The van der Waals surface area contributed by atoms with Crippen LogP contribution >= 0.6 is 34.6 Å². The molecular formula is C27H29IN4O2S. The molecule has 1 saturated heterocycles. The van der Waals surface area contributed by atoms with Gasteiger partial charge < -0.3 is 15.0 Å². The van der Waals surface area contributed by atoms with E-state index in [9.17, 15) is 4.79 Å². The molecule has 0 radical (unpaired) electrons. The molecule has 35 heavy (non-hydrogen) atoms. The Balaban J connectivity index is 1.50. The van der Waals surface area contributed by atoms with Gasteiger partial charge in [-0.15, -0.1) is 0 Å². The van der Waals surface area contributed by atoms with Gasteiger partial charge in [-0.2, -0.15) is 0 Å². The quantitative estimate of drug-likeness (QED) is 0.183. The Morgan fingerprint density at radius 3 is 2.69 bits per heavy atom. The van der Waals surface area contributed by atoms with E-state index in [0.717, 1.165) is 52.9 Å². The molecule has 3 aromatic rings. The van der Waals surface area contributed by atoms with E-state index in [1.807, 2.05) is 46.6 Å². The third-order valence-corrected chi connectivity index (χ3v) is 7.70. The number of carbonyl (C=O) groups is 1. The maximum atomic E-state index is 13.0. The number of pyridine rings is 1. The highest BCUT2D eigenvalue weighted by atomic mass is 127. The highest BCUT2D eigenvalue weighted by molar-refractivity contribution is 14.1. The summed E-state index contributed by atoms with van der Waals surface area (Å²) in [4.78, 5) is 20.9. The molecule has 1 aromatic heterocycles. The maximum Gasteiger partial charge on any atom is 0.256 e. The molecule has 0 saturated carbocycles. The number of amides is 1. The standard InChI is InChI=1S/C27H29IN4O2S/c1-18(2)26(35-17-30-28)19-7-8-21-16-29-25(15-22(21)13-19)31-27(33)20-5-4-6-24(14-20)34-23-9-11-32(3)12-10-23/h4-8,13-17,23H,9-12H2,1-3H3,(H,29,31,33). The molecule has 0 aliphatic carbocycles. The van der Waals surface area contributed by atoms with Crippen LogP contribution in [0.25, 0.3) is 15.7 Å². The molecular weight excluding hydrogens is 571 g/mol. The molecule has 2 aromatic carbocycles. The van der Waals surface area contributed by atoms with Gasteiger partial charge in [0.2, 0.25) is 0 Å². The van der Waals surface area contributed by atoms with Gasteiger partial charge in [-0.25, -0.2) is 8.19 Å². The van der Waals surface area contributed by atoms with Crippen LogP contribution in [0.4, 0.5) is 5.82 Å². The van der Waals surface area contributed by atoms with Crippen molar-refractivity contribution in [3.8, 4) is 5.75 Å². The minimum atomic E-state index is -0.208. The predicted octanol–water partition coefficient (Wildman–Crippen LogP) is 6.82. The average Bonchev–Trinajstić information content (AvgIpc) is 2.85. The zero-order valence-corrected chi connectivity index (χ0v) is 23.1. The van der Waals surface area contributed by atoms with E-state index in [-0.39, 0.29) is 12.0 Å². The lowest BCUT2D eigenvalue weighted by Crippen LogP contribution is -2.35. The molecule has 1 aliphatic heterocycles. The van der Waals surface area contributed by atoms with Crippen LogP contribution in [0, 0.1) is 0 Å². The summed E-state index contributed by atoms with van der Waals surface area (Å²) in [6, 6.07) is 15.5. The van der Waals surface area contributed by atoms with Gasteiger partial charge in [0.25, 0.3) is 5.91 Å². The van der Waals surface area contributed by atoms with Crippen LogP contribution < -0.4 is 10.1 Å². The highest BCUT2D eigenvalue weighted by Gasteiger charge is 2.18. The topological polar surface area (TPSA) is 66.8 Å². The van der Waals surface area contributed by atoms with Gasteiger partial charge in [0, 0.05) is 35.1 Å². The zero-order chi connectivity index (χ0) is 24.8. The second kappa shape index (κ2) is 12.0. The summed E-state index contributed by atoms with van der Waals surface area (Å²) < 4.78 is 10.2. The van der Waals surface area contributed by atoms with Crippen molar-refractivity contribution in [3.05, 3.63) is 71.4 Å². The lowest BCUT2D eigenvalue weighted by molar-refractivity contribution is 0.102. The van der Waals surface area contributed by atoms with Crippen molar-refractivity contribution in [2.75, 3.05) is 25.5 Å². The number of thioether (sulfide) groups is 1. The highest BCUT2D eigenvalue weighted by Crippen LogP contribution is 2.32. The molecule has 1 aliphatic rings. The first-order valence-electron chi connectivity index (χ1n) is 11.6. The number of nitrogens with one attached hydrogen (secondary N) is 1. The van der Waals surface area contributed by atoms with E-state index >= 15 is 0 Å². The Morgan fingerprint density at radius 2 is 1.94 bits per heavy atom. The maximum absolute atomic E-state index is 13.0. The molecule has 6 nitrogen and oxygen atoms in total. The molecule has 0 atom stereocenters. The van der Waals surface area contributed by atoms with Gasteiger partial charge >= 0.3 is 0 Å². The van der Waals surface area contributed by atoms with Crippen LogP contribution in [0.15, 0.2) is 63.5 Å². The largest absolute Gasteiger partial charge is 0.490 e. The monoisotopic (exact) mass is 600 g/mol. The van der Waals surface area contributed by atoms with Gasteiger partial charge in [0.05, 0.1) is 28.4 Å². The Morgan fingerprint density at radius 1 is 1.14 bits per heavy atom. The minimum absolute atomic E-state index is 0.188. The fraction of sp³-hybridized carbons (Fsp3) is 0.296. The van der Waals surface area contributed by atoms with E-state index in [4.69, 9.17) is 4.74 Å². The Hall–Kier alpha value is -2.43. The van der Waals surface area contributed by atoms with Gasteiger partial charge in [-0.3, -0.25) is 4.79 Å². The minimum Gasteiger partial charge on any atom is -0.490 e. The van der Waals surface area contributed by atoms with Crippen LogP contribution in [-0.4, -0.2) is 47.6 Å². The number of hydrogen-bond acceptors (Lipinski definition) is 6. The average molecular weight is 601 g/mol. The number of nitrogens with zero attached hydrogens (tertiary/aromatic N) is 3. The van der Waals surface area contributed by atoms with Gasteiger partial charge in [-0.1, -0.05) is 35.5 Å². The molecule has 1 N–H and O–H groups in total. The first kappa shape index (κ1) is 25.7. The molecule has 1 amide bonds. The van der Waals surface area contributed by atoms with Crippen LogP contribution in [0.2, 0.25) is 0 Å². The number of allylic oxidation sites excluding steroid dienone is 1. The number of likely N-dealkylation sites (tertiary alicyclic amines) is 1. The number of hydrogen-bond donors (Lipinski definition) is 1.